The molecule has 1 rings (SSSR count). The van der Waals surface area contributed by atoms with Crippen LogP contribution in [0.15, 0.2) is 24.3 Å². The molecule has 0 unspecified atom stereocenters. The van der Waals surface area contributed by atoms with E-state index in [1.165, 1.54) is 0 Å². The number of rotatable bonds is 4. The summed E-state index contributed by atoms with van der Waals surface area (Å²) in [7, 11) is 0. The molecular weight excluding hydrogens is 178 g/mol. The van der Waals surface area contributed by atoms with Gasteiger partial charge in [-0.2, -0.15) is 0 Å². The zero-order valence-corrected chi connectivity index (χ0v) is 8.23. The average Bonchev–Trinajstić information content (AvgIpc) is 2.18. The number of carboxylic acids is 1. The molecule has 0 aliphatic heterocycles. The predicted octanol–water partition coefficient (Wildman–Crippen LogP) is 2.18. The van der Waals surface area contributed by atoms with Crippen molar-refractivity contribution in [3.63, 3.8) is 0 Å². The Bertz CT molecular complexity index is 323. The molecule has 0 amide bonds. The summed E-state index contributed by atoms with van der Waals surface area (Å²) in [6, 6.07) is 6.73. The van der Waals surface area contributed by atoms with Crippen LogP contribution in [0.4, 0.5) is 0 Å². The summed E-state index contributed by atoms with van der Waals surface area (Å²) in [5.41, 5.74) is 6.92. The van der Waals surface area contributed by atoms with Crippen molar-refractivity contribution in [2.24, 2.45) is 5.73 Å². The lowest BCUT2D eigenvalue weighted by atomic mass is 9.98. The second-order valence-corrected chi connectivity index (χ2v) is 3.29. The fraction of sp³-hybridized carbons (Fsp3) is 0.364. The summed E-state index contributed by atoms with van der Waals surface area (Å²) < 4.78 is 0. The second-order valence-electron chi connectivity index (χ2n) is 3.29. The first-order chi connectivity index (χ1) is 6.66. The summed E-state index contributed by atoms with van der Waals surface area (Å²) in [6.45, 7) is 2.03. The molecule has 3 N–H and O–H groups in total. The lowest BCUT2D eigenvalue weighted by molar-refractivity contribution is 0.0695. The van der Waals surface area contributed by atoms with Gasteiger partial charge in [-0.1, -0.05) is 31.5 Å². The van der Waals surface area contributed by atoms with E-state index in [2.05, 4.69) is 0 Å². The van der Waals surface area contributed by atoms with Gasteiger partial charge in [0.25, 0.3) is 0 Å². The zero-order valence-electron chi connectivity index (χ0n) is 8.23. The number of aromatic carboxylic acids is 1. The molecule has 0 saturated heterocycles. The van der Waals surface area contributed by atoms with Crippen molar-refractivity contribution in [2.75, 3.05) is 0 Å². The highest BCUT2D eigenvalue weighted by atomic mass is 16.4. The third-order valence-corrected chi connectivity index (χ3v) is 2.19. The molecule has 0 saturated carbocycles. The highest BCUT2D eigenvalue weighted by Gasteiger charge is 2.13. The van der Waals surface area contributed by atoms with Gasteiger partial charge in [-0.15, -0.1) is 0 Å². The SMILES string of the molecule is CCC[C@H](N)c1ccccc1C(=O)O. The molecule has 76 valence electrons. The number of nitrogens with two attached hydrogens (primary N) is 1. The van der Waals surface area contributed by atoms with Gasteiger partial charge in [0.15, 0.2) is 0 Å². The Morgan fingerprint density at radius 2 is 2.14 bits per heavy atom. The predicted molar refractivity (Wildman–Crippen MR) is 55.2 cm³/mol. The van der Waals surface area contributed by atoms with Crippen molar-refractivity contribution < 1.29 is 9.90 Å². The van der Waals surface area contributed by atoms with E-state index in [4.69, 9.17) is 10.8 Å². The van der Waals surface area contributed by atoms with E-state index >= 15 is 0 Å². The van der Waals surface area contributed by atoms with Crippen LogP contribution in [0.5, 0.6) is 0 Å². The highest BCUT2D eigenvalue weighted by Crippen LogP contribution is 2.19. The van der Waals surface area contributed by atoms with Crippen LogP contribution in [0.3, 0.4) is 0 Å². The van der Waals surface area contributed by atoms with Gasteiger partial charge in [0.1, 0.15) is 0 Å². The quantitative estimate of drug-likeness (QED) is 0.770. The normalized spacial score (nSPS) is 12.4. The topological polar surface area (TPSA) is 63.3 Å². The van der Waals surface area contributed by atoms with Gasteiger partial charge in [0.05, 0.1) is 5.56 Å². The molecule has 0 spiro atoms. The summed E-state index contributed by atoms with van der Waals surface area (Å²) in [5.74, 6) is -0.910. The minimum absolute atomic E-state index is 0.174. The van der Waals surface area contributed by atoms with E-state index in [0.29, 0.717) is 5.56 Å². The van der Waals surface area contributed by atoms with Crippen molar-refractivity contribution >= 4 is 5.97 Å². The molecule has 0 aromatic heterocycles. The molecule has 0 aliphatic carbocycles. The van der Waals surface area contributed by atoms with E-state index in [-0.39, 0.29) is 6.04 Å². The molecule has 0 bridgehead atoms. The van der Waals surface area contributed by atoms with Crippen molar-refractivity contribution in [2.45, 2.75) is 25.8 Å². The molecule has 0 heterocycles. The largest absolute Gasteiger partial charge is 0.478 e. The molecule has 0 radical (unpaired) electrons. The Balaban J connectivity index is 3.00. The van der Waals surface area contributed by atoms with Crippen molar-refractivity contribution in [1.82, 2.24) is 0 Å². The number of benzene rings is 1. The Morgan fingerprint density at radius 3 is 2.71 bits per heavy atom. The van der Waals surface area contributed by atoms with Crippen LogP contribution in [0.2, 0.25) is 0 Å². The lowest BCUT2D eigenvalue weighted by Gasteiger charge is -2.13. The summed E-state index contributed by atoms with van der Waals surface area (Å²) >= 11 is 0. The monoisotopic (exact) mass is 193 g/mol. The van der Waals surface area contributed by atoms with Gasteiger partial charge in [-0.25, -0.2) is 4.79 Å². The number of hydrogen-bond donors (Lipinski definition) is 2. The van der Waals surface area contributed by atoms with Gasteiger partial charge in [0, 0.05) is 6.04 Å². The number of carbonyl (C=O) groups is 1. The lowest BCUT2D eigenvalue weighted by Crippen LogP contribution is -2.14. The van der Waals surface area contributed by atoms with Crippen LogP contribution in [0.25, 0.3) is 0 Å². The Kier molecular flexibility index (Phi) is 3.65. The first-order valence-electron chi connectivity index (χ1n) is 4.74. The van der Waals surface area contributed by atoms with Crippen LogP contribution in [-0.2, 0) is 0 Å². The maximum absolute atomic E-state index is 10.9. The standard InChI is InChI=1S/C11H15NO2/c1-2-5-10(12)8-6-3-4-7-9(8)11(13)14/h3-4,6-7,10H,2,5,12H2,1H3,(H,13,14)/t10-/m0/s1. The van der Waals surface area contributed by atoms with Crippen molar-refractivity contribution in [3.8, 4) is 0 Å². The minimum atomic E-state index is -0.910. The van der Waals surface area contributed by atoms with Crippen molar-refractivity contribution in [3.05, 3.63) is 35.4 Å². The maximum Gasteiger partial charge on any atom is 0.336 e. The van der Waals surface area contributed by atoms with E-state index in [1.54, 1.807) is 18.2 Å². The first-order valence-corrected chi connectivity index (χ1v) is 4.74. The molecule has 14 heavy (non-hydrogen) atoms. The number of hydrogen-bond acceptors (Lipinski definition) is 2. The van der Waals surface area contributed by atoms with E-state index in [1.807, 2.05) is 13.0 Å². The Hall–Kier alpha value is -1.35. The van der Waals surface area contributed by atoms with Crippen LogP contribution in [0, 0.1) is 0 Å². The fourth-order valence-electron chi connectivity index (χ4n) is 1.48. The third kappa shape index (κ3) is 2.33. The van der Waals surface area contributed by atoms with Crippen LogP contribution in [-0.4, -0.2) is 11.1 Å². The molecular formula is C11H15NO2. The molecule has 0 fully saturated rings. The minimum Gasteiger partial charge on any atom is -0.478 e. The summed E-state index contributed by atoms with van der Waals surface area (Å²) in [4.78, 5) is 10.9. The van der Waals surface area contributed by atoms with E-state index < -0.39 is 5.97 Å². The Morgan fingerprint density at radius 1 is 1.50 bits per heavy atom. The molecule has 3 nitrogen and oxygen atoms in total. The van der Waals surface area contributed by atoms with Crippen molar-refractivity contribution in [1.29, 1.82) is 0 Å². The Labute approximate surface area is 83.6 Å². The maximum atomic E-state index is 10.9. The van der Waals surface area contributed by atoms with Gasteiger partial charge in [-0.3, -0.25) is 0 Å². The summed E-state index contributed by atoms with van der Waals surface area (Å²) in [5, 5.41) is 8.93. The molecule has 1 aromatic rings. The summed E-state index contributed by atoms with van der Waals surface area (Å²) in [6.07, 6.45) is 1.76. The molecule has 0 aliphatic rings. The fourth-order valence-corrected chi connectivity index (χ4v) is 1.48. The molecule has 3 heteroatoms. The van der Waals surface area contributed by atoms with Crippen LogP contribution < -0.4 is 5.73 Å². The highest BCUT2D eigenvalue weighted by molar-refractivity contribution is 5.89. The molecule has 1 atom stereocenters. The number of carboxylic acid groups (broad SMARTS) is 1. The van der Waals surface area contributed by atoms with Gasteiger partial charge < -0.3 is 10.8 Å². The first kappa shape index (κ1) is 10.7. The van der Waals surface area contributed by atoms with Gasteiger partial charge in [0.2, 0.25) is 0 Å². The van der Waals surface area contributed by atoms with E-state index in [9.17, 15) is 4.79 Å². The molecule has 1 aromatic carbocycles. The van der Waals surface area contributed by atoms with Gasteiger partial charge >= 0.3 is 5.97 Å². The second kappa shape index (κ2) is 4.77. The van der Waals surface area contributed by atoms with E-state index in [0.717, 1.165) is 18.4 Å². The zero-order chi connectivity index (χ0) is 10.6. The van der Waals surface area contributed by atoms with Crippen LogP contribution in [0.1, 0.15) is 41.7 Å². The van der Waals surface area contributed by atoms with Crippen LogP contribution >= 0.6 is 0 Å². The average molecular weight is 193 g/mol. The smallest absolute Gasteiger partial charge is 0.336 e. The third-order valence-electron chi connectivity index (χ3n) is 2.19. The van der Waals surface area contributed by atoms with Gasteiger partial charge in [-0.05, 0) is 18.1 Å².